The molecule has 1 aromatic carbocycles. The lowest BCUT2D eigenvalue weighted by atomic mass is 10.1. The predicted molar refractivity (Wildman–Crippen MR) is 62.0 cm³/mol. The van der Waals surface area contributed by atoms with Crippen molar-refractivity contribution in [1.29, 1.82) is 0 Å². The molecule has 4 nitrogen and oxygen atoms in total. The second kappa shape index (κ2) is 5.05. The van der Waals surface area contributed by atoms with E-state index in [1.165, 1.54) is 11.5 Å². The van der Waals surface area contributed by atoms with Gasteiger partial charge in [0.15, 0.2) is 0 Å². The molecule has 0 saturated heterocycles. The number of rotatable bonds is 4. The van der Waals surface area contributed by atoms with E-state index >= 15 is 0 Å². The van der Waals surface area contributed by atoms with E-state index < -0.39 is 0 Å². The van der Waals surface area contributed by atoms with Gasteiger partial charge >= 0.3 is 0 Å². The zero-order chi connectivity index (χ0) is 11.4. The number of aliphatic hydroxyl groups excluding tert-OH is 1. The molecule has 0 aliphatic carbocycles. The summed E-state index contributed by atoms with van der Waals surface area (Å²) < 4.78 is 9.55. The molecule has 0 saturated carbocycles. The standard InChI is InChI=1S/C11H12N2O2S/c1-8-12-11(16-13-8)15-10-4-2-9(3-5-10)6-7-14/h2-5,14H,6-7H2,1H3. The van der Waals surface area contributed by atoms with Crippen molar-refractivity contribution in [2.75, 3.05) is 6.61 Å². The van der Waals surface area contributed by atoms with Gasteiger partial charge in [-0.05, 0) is 31.0 Å². The van der Waals surface area contributed by atoms with Crippen LogP contribution in [0.2, 0.25) is 0 Å². The number of aliphatic hydroxyl groups is 1. The van der Waals surface area contributed by atoms with Gasteiger partial charge in [-0.15, -0.1) is 0 Å². The van der Waals surface area contributed by atoms with Crippen LogP contribution in [0.25, 0.3) is 0 Å². The van der Waals surface area contributed by atoms with Crippen LogP contribution in [-0.4, -0.2) is 21.1 Å². The SMILES string of the molecule is Cc1nsc(Oc2ccc(CCO)cc2)n1. The van der Waals surface area contributed by atoms with Crippen LogP contribution < -0.4 is 4.74 Å². The summed E-state index contributed by atoms with van der Waals surface area (Å²) in [7, 11) is 0. The van der Waals surface area contributed by atoms with Crippen LogP contribution in [0.4, 0.5) is 0 Å². The number of aryl methyl sites for hydroxylation is 1. The molecule has 0 atom stereocenters. The molecule has 0 aliphatic rings. The number of nitrogens with zero attached hydrogens (tertiary/aromatic N) is 2. The molecule has 0 amide bonds. The maximum atomic E-state index is 8.78. The first-order chi connectivity index (χ1) is 7.78. The van der Waals surface area contributed by atoms with E-state index in [1.807, 2.05) is 31.2 Å². The van der Waals surface area contributed by atoms with Crippen LogP contribution in [0.15, 0.2) is 24.3 Å². The highest BCUT2D eigenvalue weighted by atomic mass is 32.1. The number of aromatic nitrogens is 2. The van der Waals surface area contributed by atoms with E-state index in [0.717, 1.165) is 17.1 Å². The predicted octanol–water partition coefficient (Wildman–Crippen LogP) is 2.17. The molecule has 1 aromatic heterocycles. The Morgan fingerprint density at radius 3 is 2.62 bits per heavy atom. The average molecular weight is 236 g/mol. The minimum atomic E-state index is 0.162. The Hall–Kier alpha value is -1.46. The summed E-state index contributed by atoms with van der Waals surface area (Å²) in [6.45, 7) is 1.99. The van der Waals surface area contributed by atoms with E-state index in [1.54, 1.807) is 0 Å². The van der Waals surface area contributed by atoms with Crippen LogP contribution in [0.3, 0.4) is 0 Å². The molecule has 16 heavy (non-hydrogen) atoms. The zero-order valence-corrected chi connectivity index (χ0v) is 9.70. The molecule has 2 aromatic rings. The van der Waals surface area contributed by atoms with E-state index in [9.17, 15) is 0 Å². The molecule has 0 unspecified atom stereocenters. The first-order valence-corrected chi connectivity index (χ1v) is 5.73. The molecule has 0 fully saturated rings. The van der Waals surface area contributed by atoms with E-state index in [0.29, 0.717) is 11.6 Å². The van der Waals surface area contributed by atoms with Gasteiger partial charge in [0.1, 0.15) is 11.6 Å². The van der Waals surface area contributed by atoms with Gasteiger partial charge in [-0.25, -0.2) is 0 Å². The second-order valence-electron chi connectivity index (χ2n) is 3.33. The topological polar surface area (TPSA) is 55.2 Å². The molecule has 0 radical (unpaired) electrons. The average Bonchev–Trinajstić information content (AvgIpc) is 2.67. The monoisotopic (exact) mass is 236 g/mol. The van der Waals surface area contributed by atoms with Crippen molar-refractivity contribution in [2.45, 2.75) is 13.3 Å². The van der Waals surface area contributed by atoms with Crippen LogP contribution in [0, 0.1) is 6.92 Å². The van der Waals surface area contributed by atoms with E-state index in [-0.39, 0.29) is 6.61 Å². The van der Waals surface area contributed by atoms with Gasteiger partial charge in [-0.3, -0.25) is 0 Å². The van der Waals surface area contributed by atoms with Crippen LogP contribution in [0.5, 0.6) is 10.9 Å². The van der Waals surface area contributed by atoms with Crippen molar-refractivity contribution >= 4 is 11.5 Å². The smallest absolute Gasteiger partial charge is 0.298 e. The Morgan fingerprint density at radius 2 is 2.06 bits per heavy atom. The lowest BCUT2D eigenvalue weighted by Gasteiger charge is -2.02. The van der Waals surface area contributed by atoms with Crippen molar-refractivity contribution < 1.29 is 9.84 Å². The first-order valence-electron chi connectivity index (χ1n) is 4.96. The molecule has 1 heterocycles. The maximum Gasteiger partial charge on any atom is 0.298 e. The maximum absolute atomic E-state index is 8.78. The molecule has 0 bridgehead atoms. The number of ether oxygens (including phenoxy) is 1. The van der Waals surface area contributed by atoms with Gasteiger partial charge in [0.25, 0.3) is 5.19 Å². The van der Waals surface area contributed by atoms with Crippen molar-refractivity contribution in [2.24, 2.45) is 0 Å². The van der Waals surface area contributed by atoms with E-state index in [2.05, 4.69) is 9.36 Å². The zero-order valence-electron chi connectivity index (χ0n) is 8.88. The van der Waals surface area contributed by atoms with Crippen LogP contribution in [-0.2, 0) is 6.42 Å². The Labute approximate surface area is 97.7 Å². The molecule has 0 spiro atoms. The van der Waals surface area contributed by atoms with Gasteiger partial charge in [-0.1, -0.05) is 12.1 Å². The highest BCUT2D eigenvalue weighted by molar-refractivity contribution is 7.07. The second-order valence-corrected chi connectivity index (χ2v) is 4.04. The molecule has 84 valence electrons. The summed E-state index contributed by atoms with van der Waals surface area (Å²) >= 11 is 1.24. The molecular formula is C11H12N2O2S. The Kier molecular flexibility index (Phi) is 3.48. The van der Waals surface area contributed by atoms with Crippen molar-refractivity contribution in [3.63, 3.8) is 0 Å². The van der Waals surface area contributed by atoms with E-state index in [4.69, 9.17) is 9.84 Å². The lowest BCUT2D eigenvalue weighted by molar-refractivity contribution is 0.299. The molecule has 5 heteroatoms. The minimum Gasteiger partial charge on any atom is -0.430 e. The fourth-order valence-corrected chi connectivity index (χ4v) is 1.83. The summed E-state index contributed by atoms with van der Waals surface area (Å²) in [6, 6.07) is 7.59. The number of benzene rings is 1. The van der Waals surface area contributed by atoms with Crippen LogP contribution >= 0.6 is 11.5 Å². The summed E-state index contributed by atoms with van der Waals surface area (Å²) in [4.78, 5) is 4.11. The van der Waals surface area contributed by atoms with Crippen molar-refractivity contribution in [3.8, 4) is 10.9 Å². The summed E-state index contributed by atoms with van der Waals surface area (Å²) in [5.41, 5.74) is 1.09. The van der Waals surface area contributed by atoms with Gasteiger partial charge in [0.2, 0.25) is 0 Å². The fraction of sp³-hybridized carbons (Fsp3) is 0.273. The Balaban J connectivity index is 2.05. The Morgan fingerprint density at radius 1 is 1.31 bits per heavy atom. The van der Waals surface area contributed by atoms with Gasteiger partial charge < -0.3 is 9.84 Å². The van der Waals surface area contributed by atoms with Crippen molar-refractivity contribution in [3.05, 3.63) is 35.7 Å². The summed E-state index contributed by atoms with van der Waals surface area (Å²) in [6.07, 6.45) is 0.665. The van der Waals surface area contributed by atoms with Gasteiger partial charge in [-0.2, -0.15) is 9.36 Å². The summed E-state index contributed by atoms with van der Waals surface area (Å²) in [5, 5.41) is 9.33. The third-order valence-corrected chi connectivity index (χ3v) is 2.72. The quantitative estimate of drug-likeness (QED) is 0.884. The third-order valence-electron chi connectivity index (χ3n) is 2.04. The minimum absolute atomic E-state index is 0.162. The molecule has 0 aliphatic heterocycles. The van der Waals surface area contributed by atoms with Gasteiger partial charge in [0, 0.05) is 18.1 Å². The lowest BCUT2D eigenvalue weighted by Crippen LogP contribution is -1.90. The van der Waals surface area contributed by atoms with Crippen molar-refractivity contribution in [1.82, 2.24) is 9.36 Å². The molecular weight excluding hydrogens is 224 g/mol. The molecule has 2 rings (SSSR count). The number of hydrogen-bond acceptors (Lipinski definition) is 5. The molecule has 1 N–H and O–H groups in total. The normalized spacial score (nSPS) is 10.4. The third kappa shape index (κ3) is 2.77. The Bertz CT molecular complexity index is 453. The highest BCUT2D eigenvalue weighted by Crippen LogP contribution is 2.23. The summed E-state index contributed by atoms with van der Waals surface area (Å²) in [5.74, 6) is 1.45. The highest BCUT2D eigenvalue weighted by Gasteiger charge is 2.02. The van der Waals surface area contributed by atoms with Crippen LogP contribution in [0.1, 0.15) is 11.4 Å². The first kappa shape index (κ1) is 11.0. The fourth-order valence-electron chi connectivity index (χ4n) is 1.27. The number of hydrogen-bond donors (Lipinski definition) is 1. The largest absolute Gasteiger partial charge is 0.430 e. The van der Waals surface area contributed by atoms with Gasteiger partial charge in [0.05, 0.1) is 0 Å².